The number of hydrogen-bond donors (Lipinski definition) is 2. The number of carbonyl (C=O) groups is 1. The van der Waals surface area contributed by atoms with Gasteiger partial charge in [-0.05, 0) is 65.7 Å². The Labute approximate surface area is 201 Å². The van der Waals surface area contributed by atoms with Gasteiger partial charge in [0.05, 0.1) is 10.7 Å². The van der Waals surface area contributed by atoms with Crippen LogP contribution in [0.2, 0.25) is 5.02 Å². The van der Waals surface area contributed by atoms with Gasteiger partial charge in [0.2, 0.25) is 11.8 Å². The van der Waals surface area contributed by atoms with E-state index in [1.54, 1.807) is 42.6 Å². The number of rotatable bonds is 5. The van der Waals surface area contributed by atoms with Crippen molar-refractivity contribution in [1.29, 1.82) is 0 Å². The summed E-state index contributed by atoms with van der Waals surface area (Å²) in [6.07, 6.45) is 4.82. The highest BCUT2D eigenvalue weighted by atomic mass is 35.5. The van der Waals surface area contributed by atoms with E-state index < -0.39 is 0 Å². The molecule has 4 aromatic rings. The molecule has 0 bridgehead atoms. The average molecular weight is 477 g/mol. The van der Waals surface area contributed by atoms with Crippen molar-refractivity contribution >= 4 is 57.8 Å². The number of fused-ring (bicyclic) bond motifs is 1. The number of thiocarbonyl (C=S) groups is 1. The molecule has 1 amide bonds. The topological polar surface area (TPSA) is 80.0 Å². The molecule has 2 aromatic carbocycles. The maximum absolute atomic E-state index is 12.3. The van der Waals surface area contributed by atoms with E-state index >= 15 is 0 Å². The van der Waals surface area contributed by atoms with Gasteiger partial charge in [-0.15, -0.1) is 0 Å². The number of benzene rings is 2. The third kappa shape index (κ3) is 5.63. The van der Waals surface area contributed by atoms with Crippen LogP contribution in [0.1, 0.15) is 30.9 Å². The van der Waals surface area contributed by atoms with Gasteiger partial charge in [0.15, 0.2) is 16.3 Å². The molecular formula is C25H21ClN4O2S. The molecule has 2 N–H and O–H groups in total. The summed E-state index contributed by atoms with van der Waals surface area (Å²) in [5.74, 6) is 0.516. The van der Waals surface area contributed by atoms with Crippen molar-refractivity contribution in [3.05, 3.63) is 83.0 Å². The highest BCUT2D eigenvalue weighted by Gasteiger charge is 2.12. The van der Waals surface area contributed by atoms with E-state index in [4.69, 9.17) is 28.2 Å². The molecule has 0 aliphatic rings. The van der Waals surface area contributed by atoms with Gasteiger partial charge in [-0.3, -0.25) is 10.1 Å². The number of carbonyl (C=O) groups excluding carboxylic acids is 1. The largest absolute Gasteiger partial charge is 0.434 e. The first kappa shape index (κ1) is 22.6. The maximum atomic E-state index is 12.3. The van der Waals surface area contributed by atoms with Crippen molar-refractivity contribution in [3.63, 3.8) is 0 Å². The Kier molecular flexibility index (Phi) is 6.82. The molecule has 0 atom stereocenters. The van der Waals surface area contributed by atoms with Crippen LogP contribution in [0.3, 0.4) is 0 Å². The third-order valence-electron chi connectivity index (χ3n) is 4.89. The quantitative estimate of drug-likeness (QED) is 0.264. The fourth-order valence-electron chi connectivity index (χ4n) is 3.12. The van der Waals surface area contributed by atoms with Gasteiger partial charge >= 0.3 is 0 Å². The smallest absolute Gasteiger partial charge is 0.250 e. The minimum atomic E-state index is -0.349. The lowest BCUT2D eigenvalue weighted by Crippen LogP contribution is -2.32. The Hall–Kier alpha value is -3.55. The number of aromatic nitrogens is 2. The molecule has 0 aliphatic carbocycles. The van der Waals surface area contributed by atoms with Crippen LogP contribution in [0.4, 0.5) is 5.69 Å². The summed E-state index contributed by atoms with van der Waals surface area (Å²) >= 11 is 11.6. The number of halogens is 1. The van der Waals surface area contributed by atoms with Gasteiger partial charge in [-0.1, -0.05) is 49.7 Å². The van der Waals surface area contributed by atoms with Crippen LogP contribution >= 0.6 is 23.8 Å². The van der Waals surface area contributed by atoms with Gasteiger partial charge in [0.25, 0.3) is 0 Å². The van der Waals surface area contributed by atoms with Crippen LogP contribution in [0.15, 0.2) is 71.3 Å². The normalized spacial score (nSPS) is 11.3. The van der Waals surface area contributed by atoms with E-state index in [2.05, 4.69) is 46.6 Å². The summed E-state index contributed by atoms with van der Waals surface area (Å²) in [6.45, 7) is 4.27. The highest BCUT2D eigenvalue weighted by Crippen LogP contribution is 2.30. The Bertz CT molecular complexity index is 1310. The van der Waals surface area contributed by atoms with Gasteiger partial charge < -0.3 is 9.73 Å². The van der Waals surface area contributed by atoms with E-state index in [0.29, 0.717) is 39.3 Å². The molecule has 166 valence electrons. The molecule has 0 aliphatic heterocycles. The highest BCUT2D eigenvalue weighted by molar-refractivity contribution is 7.80. The molecule has 0 saturated carbocycles. The standard InChI is InChI=1S/C25H21ClN4O2S/c1-15(2)17-8-5-16(6-9-17)7-12-22(31)29-25(33)28-20-14-18(10-11-19(20)26)24-30-23-21(32-24)4-3-13-27-23/h3-15H,1-2H3,(H2,28,29,31,33)/b12-7+. The van der Waals surface area contributed by atoms with Gasteiger partial charge in [0.1, 0.15) is 0 Å². The average Bonchev–Trinajstić information content (AvgIpc) is 3.23. The number of amides is 1. The molecule has 0 saturated heterocycles. The molecule has 2 heterocycles. The van der Waals surface area contributed by atoms with Crippen LogP contribution in [-0.2, 0) is 4.79 Å². The molecule has 0 radical (unpaired) electrons. The molecular weight excluding hydrogens is 456 g/mol. The summed E-state index contributed by atoms with van der Waals surface area (Å²) in [4.78, 5) is 20.8. The third-order valence-corrected chi connectivity index (χ3v) is 5.43. The van der Waals surface area contributed by atoms with Crippen molar-refractivity contribution in [3.8, 4) is 11.5 Å². The fraction of sp³-hybridized carbons (Fsp3) is 0.120. The second kappa shape index (κ2) is 9.94. The van der Waals surface area contributed by atoms with Crippen molar-refractivity contribution in [2.24, 2.45) is 0 Å². The lowest BCUT2D eigenvalue weighted by Gasteiger charge is -2.10. The second-order valence-corrected chi connectivity index (χ2v) is 8.45. The molecule has 0 unspecified atom stereocenters. The summed E-state index contributed by atoms with van der Waals surface area (Å²) in [7, 11) is 0. The fourth-order valence-corrected chi connectivity index (χ4v) is 3.49. The van der Waals surface area contributed by atoms with E-state index in [-0.39, 0.29) is 11.0 Å². The first-order chi connectivity index (χ1) is 15.9. The van der Waals surface area contributed by atoms with Gasteiger partial charge in [0, 0.05) is 17.8 Å². The van der Waals surface area contributed by atoms with Crippen LogP contribution in [-0.4, -0.2) is 21.0 Å². The van der Waals surface area contributed by atoms with Crippen LogP contribution in [0.25, 0.3) is 28.8 Å². The van der Waals surface area contributed by atoms with E-state index in [9.17, 15) is 4.79 Å². The summed E-state index contributed by atoms with van der Waals surface area (Å²) < 4.78 is 5.76. The van der Waals surface area contributed by atoms with Crippen molar-refractivity contribution in [2.75, 3.05) is 5.32 Å². The minimum absolute atomic E-state index is 0.123. The summed E-state index contributed by atoms with van der Waals surface area (Å²) in [5.41, 5.74) is 4.49. The molecule has 8 heteroatoms. The number of oxazole rings is 1. The maximum Gasteiger partial charge on any atom is 0.250 e. The second-order valence-electron chi connectivity index (χ2n) is 7.64. The Morgan fingerprint density at radius 3 is 2.67 bits per heavy atom. The molecule has 33 heavy (non-hydrogen) atoms. The molecule has 0 fully saturated rings. The van der Waals surface area contributed by atoms with Crippen LogP contribution in [0.5, 0.6) is 0 Å². The Morgan fingerprint density at radius 2 is 1.94 bits per heavy atom. The lowest BCUT2D eigenvalue weighted by atomic mass is 10.0. The zero-order valence-electron chi connectivity index (χ0n) is 18.0. The zero-order chi connectivity index (χ0) is 23.4. The monoisotopic (exact) mass is 476 g/mol. The SMILES string of the molecule is CC(C)c1ccc(/C=C/C(=O)NC(=S)Nc2cc(-c3nc4ncccc4o3)ccc2Cl)cc1. The number of hydrogen-bond acceptors (Lipinski definition) is 5. The molecule has 6 nitrogen and oxygen atoms in total. The molecule has 4 rings (SSSR count). The molecule has 2 aromatic heterocycles. The Balaban J connectivity index is 1.41. The Morgan fingerprint density at radius 1 is 1.15 bits per heavy atom. The number of pyridine rings is 1. The van der Waals surface area contributed by atoms with Gasteiger partial charge in [-0.25, -0.2) is 4.98 Å². The lowest BCUT2D eigenvalue weighted by molar-refractivity contribution is -0.115. The first-order valence-electron chi connectivity index (χ1n) is 10.3. The van der Waals surface area contributed by atoms with E-state index in [1.165, 1.54) is 11.6 Å². The van der Waals surface area contributed by atoms with Crippen LogP contribution < -0.4 is 10.6 Å². The predicted octanol–water partition coefficient (Wildman–Crippen LogP) is 6.19. The van der Waals surface area contributed by atoms with E-state index in [1.807, 2.05) is 12.1 Å². The van der Waals surface area contributed by atoms with Gasteiger partial charge in [-0.2, -0.15) is 4.98 Å². The summed E-state index contributed by atoms with van der Waals surface area (Å²) in [5, 5.41) is 6.13. The summed E-state index contributed by atoms with van der Waals surface area (Å²) in [6, 6.07) is 16.9. The van der Waals surface area contributed by atoms with Crippen LogP contribution in [0, 0.1) is 0 Å². The first-order valence-corrected chi connectivity index (χ1v) is 11.1. The predicted molar refractivity (Wildman–Crippen MR) is 136 cm³/mol. The minimum Gasteiger partial charge on any atom is -0.434 e. The number of nitrogens with zero attached hydrogens (tertiary/aromatic N) is 2. The van der Waals surface area contributed by atoms with E-state index in [0.717, 1.165) is 5.56 Å². The number of nitrogens with one attached hydrogen (secondary N) is 2. The van der Waals surface area contributed by atoms with Crippen molar-refractivity contribution < 1.29 is 9.21 Å². The van der Waals surface area contributed by atoms with Crippen molar-refractivity contribution in [1.82, 2.24) is 15.3 Å². The molecule has 0 spiro atoms. The number of anilines is 1. The zero-order valence-corrected chi connectivity index (χ0v) is 19.6. The van der Waals surface area contributed by atoms with Crippen molar-refractivity contribution in [2.45, 2.75) is 19.8 Å².